The van der Waals surface area contributed by atoms with Gasteiger partial charge in [0.1, 0.15) is 24.2 Å². The summed E-state index contributed by atoms with van der Waals surface area (Å²) in [6.45, 7) is 15.1. The van der Waals surface area contributed by atoms with E-state index in [2.05, 4.69) is 20.5 Å². The summed E-state index contributed by atoms with van der Waals surface area (Å²) in [6.07, 6.45) is -3.47. The molecule has 3 aliphatic rings. The highest BCUT2D eigenvalue weighted by atomic mass is 32.1. The fourth-order valence-electron chi connectivity index (χ4n) is 9.16. The first kappa shape index (κ1) is 51.5. The van der Waals surface area contributed by atoms with Gasteiger partial charge in [0.15, 0.2) is 0 Å². The van der Waals surface area contributed by atoms with Gasteiger partial charge >= 0.3 is 24.2 Å². The molecule has 376 valence electrons. The van der Waals surface area contributed by atoms with Crippen molar-refractivity contribution in [2.45, 2.75) is 117 Å². The summed E-state index contributed by atoms with van der Waals surface area (Å²) in [5.74, 6) is -2.17. The number of morpholine rings is 1. The fourth-order valence-corrected chi connectivity index (χ4v) is 10.0. The number of benzene rings is 1. The summed E-state index contributed by atoms with van der Waals surface area (Å²) in [7, 11) is 1.53. The number of hydrogen-bond donors (Lipinski definition) is 3. The Bertz CT molecular complexity index is 2520. The lowest BCUT2D eigenvalue weighted by Crippen LogP contribution is -2.60. The fraction of sp³-hybridized carbons (Fsp3) is 0.583. The van der Waals surface area contributed by atoms with E-state index < -0.39 is 65.9 Å². The molecule has 21 heteroatoms. The Morgan fingerprint density at radius 3 is 2.54 bits per heavy atom. The van der Waals surface area contributed by atoms with Gasteiger partial charge in [-0.3, -0.25) is 29.3 Å². The largest absolute Gasteiger partial charge is 0.480 e. The first-order valence-corrected chi connectivity index (χ1v) is 24.1. The number of ether oxygens (including phenoxy) is 4. The Morgan fingerprint density at radius 2 is 1.84 bits per heavy atom. The summed E-state index contributed by atoms with van der Waals surface area (Å²) < 4.78 is 68.8. The number of aliphatic carboxylic acids is 1. The van der Waals surface area contributed by atoms with Crippen LogP contribution in [0.4, 0.5) is 23.7 Å². The standard InChI is InChI=1S/C48H63F3N8O9S/c1-28(65-8)41-34(19-31(22-52-41)57-15-14-56-16-17-66-24-32(56)23-57)42-35(21-47(6,7)27-67-29(2)60)33-18-30(11-12-39(33)58(42)26-48(49,50)51)38-25-69-40(53-38)20-37(54-45(64)68-46(3,4)5)43(61)59-13-9-10-36(55-59)44(62)63/h11-12,18-19,22,25,28,32,36-37,55H,9-10,13-17,20-21,23-24,26-27H2,1-8H3,(H,54,64)(H,62,63)/t28-,32?,36?,37?/m0/s1. The van der Waals surface area contributed by atoms with Gasteiger partial charge in [0.25, 0.3) is 5.91 Å². The predicted molar refractivity (Wildman–Crippen MR) is 253 cm³/mol. The number of piperazine rings is 1. The lowest BCUT2D eigenvalue weighted by molar-refractivity contribution is -0.148. The van der Waals surface area contributed by atoms with E-state index in [-0.39, 0.29) is 32.0 Å². The number of alkyl halides is 3. The number of hydrogen-bond acceptors (Lipinski definition) is 14. The van der Waals surface area contributed by atoms with Crippen LogP contribution >= 0.6 is 11.3 Å². The summed E-state index contributed by atoms with van der Waals surface area (Å²) in [6, 6.07) is 5.05. The molecule has 0 saturated carbocycles. The average molecular weight is 985 g/mol. The van der Waals surface area contributed by atoms with Crippen LogP contribution in [0.15, 0.2) is 35.8 Å². The third kappa shape index (κ3) is 12.7. The number of aromatic nitrogens is 3. The van der Waals surface area contributed by atoms with Crippen molar-refractivity contribution in [3.8, 4) is 22.5 Å². The van der Waals surface area contributed by atoms with E-state index in [1.54, 1.807) is 51.4 Å². The van der Waals surface area contributed by atoms with E-state index in [4.69, 9.17) is 28.9 Å². The summed E-state index contributed by atoms with van der Waals surface area (Å²) in [5, 5.41) is 16.3. The molecule has 1 aromatic carbocycles. The van der Waals surface area contributed by atoms with Crippen LogP contribution in [-0.4, -0.2) is 143 Å². The minimum Gasteiger partial charge on any atom is -0.480 e. The van der Waals surface area contributed by atoms with Crippen molar-refractivity contribution in [2.24, 2.45) is 5.41 Å². The summed E-state index contributed by atoms with van der Waals surface area (Å²) in [5.41, 5.74) is 5.07. The van der Waals surface area contributed by atoms with Crippen LogP contribution in [0.2, 0.25) is 0 Å². The number of nitrogens with zero attached hydrogens (tertiary/aromatic N) is 6. The Balaban J connectivity index is 1.33. The molecule has 3 aromatic heterocycles. The minimum absolute atomic E-state index is 0.00264. The number of carboxylic acid groups (broad SMARTS) is 1. The second kappa shape index (κ2) is 20.9. The lowest BCUT2D eigenvalue weighted by Gasteiger charge is -2.44. The molecule has 3 saturated heterocycles. The maximum Gasteiger partial charge on any atom is 0.408 e. The minimum atomic E-state index is -4.64. The molecule has 3 fully saturated rings. The van der Waals surface area contributed by atoms with Crippen LogP contribution < -0.4 is 15.6 Å². The van der Waals surface area contributed by atoms with Crippen molar-refractivity contribution >= 4 is 51.9 Å². The first-order chi connectivity index (χ1) is 32.5. The van der Waals surface area contributed by atoms with Crippen LogP contribution in [0.1, 0.15) is 83.7 Å². The molecule has 6 heterocycles. The van der Waals surface area contributed by atoms with Gasteiger partial charge in [0.2, 0.25) is 0 Å². The van der Waals surface area contributed by atoms with Crippen LogP contribution in [0.5, 0.6) is 0 Å². The number of carbonyl (C=O) groups is 4. The molecule has 69 heavy (non-hydrogen) atoms. The summed E-state index contributed by atoms with van der Waals surface area (Å²) >= 11 is 1.23. The van der Waals surface area contributed by atoms with E-state index in [9.17, 15) is 37.5 Å². The maximum absolute atomic E-state index is 15.0. The monoisotopic (exact) mass is 984 g/mol. The molecule has 0 radical (unpaired) electrons. The topological polar surface area (TPSA) is 190 Å². The Kier molecular flexibility index (Phi) is 15.6. The number of fused-ring (bicyclic) bond motifs is 2. The van der Waals surface area contributed by atoms with E-state index in [0.717, 1.165) is 18.8 Å². The second-order valence-corrected chi connectivity index (χ2v) is 20.7. The third-order valence-electron chi connectivity index (χ3n) is 12.5. The van der Waals surface area contributed by atoms with Crippen molar-refractivity contribution in [3.63, 3.8) is 0 Å². The van der Waals surface area contributed by atoms with Crippen LogP contribution in [-0.2, 0) is 52.7 Å². The van der Waals surface area contributed by atoms with E-state index in [1.807, 2.05) is 26.0 Å². The SMILES string of the molecule is CO[C@@H](C)c1ncc(N2CCN3CCOCC3C2)cc1-c1c(CC(C)(C)COC(C)=O)c2cc(-c3csc(CC(NC(=O)OC(C)(C)C)C(=O)N4CCCC(C(=O)O)N4)n3)ccc2n1CC(F)(F)F. The molecule has 3 unspecified atom stereocenters. The van der Waals surface area contributed by atoms with E-state index >= 15 is 0 Å². The number of halogens is 3. The highest BCUT2D eigenvalue weighted by Crippen LogP contribution is 2.44. The Hall–Kier alpha value is -5.35. The number of esters is 1. The zero-order valence-corrected chi connectivity index (χ0v) is 41.2. The van der Waals surface area contributed by atoms with Gasteiger partial charge in [0.05, 0.1) is 65.9 Å². The van der Waals surface area contributed by atoms with Crippen molar-refractivity contribution < 1.29 is 56.4 Å². The molecule has 0 bridgehead atoms. The van der Waals surface area contributed by atoms with Crippen molar-refractivity contribution in [3.05, 3.63) is 52.1 Å². The van der Waals surface area contributed by atoms with Gasteiger partial charge in [-0.05, 0) is 70.7 Å². The van der Waals surface area contributed by atoms with Crippen LogP contribution in [0, 0.1) is 5.41 Å². The number of methoxy groups -OCH3 is 1. The number of pyridine rings is 1. The van der Waals surface area contributed by atoms with Crippen molar-refractivity contribution in [1.29, 1.82) is 0 Å². The Labute approximate surface area is 403 Å². The maximum atomic E-state index is 15.0. The molecule has 0 aliphatic carbocycles. The van der Waals surface area contributed by atoms with E-state index in [1.165, 1.54) is 34.9 Å². The molecule has 2 amide bonds. The van der Waals surface area contributed by atoms with Gasteiger partial charge in [-0.25, -0.2) is 15.2 Å². The average Bonchev–Trinajstić information content (AvgIpc) is 3.87. The molecule has 17 nitrogen and oxygen atoms in total. The van der Waals surface area contributed by atoms with Gasteiger partial charge in [-0.15, -0.1) is 11.3 Å². The van der Waals surface area contributed by atoms with Gasteiger partial charge in [-0.1, -0.05) is 19.9 Å². The number of alkyl carbamates (subject to hydrolysis) is 1. The molecular weight excluding hydrogens is 922 g/mol. The molecule has 4 atom stereocenters. The van der Waals surface area contributed by atoms with Gasteiger partial charge in [0, 0.05) is 86.0 Å². The zero-order chi connectivity index (χ0) is 50.0. The molecule has 4 aromatic rings. The summed E-state index contributed by atoms with van der Waals surface area (Å²) in [4.78, 5) is 65.3. The first-order valence-electron chi connectivity index (χ1n) is 23.2. The number of thiazole rings is 1. The number of hydrazine groups is 1. The predicted octanol–water partition coefficient (Wildman–Crippen LogP) is 6.77. The normalized spacial score (nSPS) is 19.2. The lowest BCUT2D eigenvalue weighted by atomic mass is 9.84. The number of amides is 2. The third-order valence-corrected chi connectivity index (χ3v) is 13.4. The zero-order valence-electron chi connectivity index (χ0n) is 40.4. The molecule has 0 spiro atoms. The molecule has 7 rings (SSSR count). The number of nitrogens with one attached hydrogen (secondary N) is 2. The number of anilines is 1. The molecule has 3 N–H and O–H groups in total. The number of carbonyl (C=O) groups excluding carboxylic acids is 3. The highest BCUT2D eigenvalue weighted by molar-refractivity contribution is 7.10. The van der Waals surface area contributed by atoms with E-state index in [0.29, 0.717) is 88.8 Å². The second-order valence-electron chi connectivity index (χ2n) is 19.8. The van der Waals surface area contributed by atoms with Crippen molar-refractivity contribution in [2.75, 3.05) is 64.6 Å². The van der Waals surface area contributed by atoms with Gasteiger partial charge in [-0.2, -0.15) is 13.2 Å². The quantitative estimate of drug-likeness (QED) is 0.106. The molecule has 3 aliphatic heterocycles. The molecular formula is C48H63F3N8O9S. The number of rotatable bonds is 15. The highest BCUT2D eigenvalue weighted by Gasteiger charge is 2.37. The van der Waals surface area contributed by atoms with Crippen LogP contribution in [0.25, 0.3) is 33.4 Å². The van der Waals surface area contributed by atoms with Crippen molar-refractivity contribution in [1.82, 2.24) is 35.2 Å². The van der Waals surface area contributed by atoms with Crippen LogP contribution in [0.3, 0.4) is 0 Å². The smallest absolute Gasteiger partial charge is 0.408 e. The Morgan fingerprint density at radius 1 is 1.07 bits per heavy atom. The number of carboxylic acids is 1. The van der Waals surface area contributed by atoms with Gasteiger partial charge < -0.3 is 38.8 Å².